The molecule has 2 aromatic rings. The van der Waals surface area contributed by atoms with Gasteiger partial charge >= 0.3 is 5.97 Å². The van der Waals surface area contributed by atoms with Crippen molar-refractivity contribution in [1.29, 1.82) is 0 Å². The standard InChI is InChI=1S/C19H19NO3/c1-14(15-7-3-2-4-8-15)23-19(22)16-9-5-10-17(13-16)20-12-6-11-18(20)21/h2-5,7-10,13-14H,6,11-12H2,1H3/t14-/m1/s1. The van der Waals surface area contributed by atoms with E-state index in [1.54, 1.807) is 23.1 Å². The fraction of sp³-hybridized carbons (Fsp3) is 0.263. The highest BCUT2D eigenvalue weighted by Crippen LogP contribution is 2.24. The molecular formula is C19H19NO3. The van der Waals surface area contributed by atoms with Gasteiger partial charge in [0.05, 0.1) is 5.56 Å². The second kappa shape index (κ2) is 6.65. The summed E-state index contributed by atoms with van der Waals surface area (Å²) < 4.78 is 5.52. The molecule has 1 atom stereocenters. The SMILES string of the molecule is C[C@@H](OC(=O)c1cccc(N2CCCC2=O)c1)c1ccccc1. The molecule has 0 spiro atoms. The topological polar surface area (TPSA) is 46.6 Å². The fourth-order valence-corrected chi connectivity index (χ4v) is 2.74. The Morgan fingerprint density at radius 2 is 1.91 bits per heavy atom. The van der Waals surface area contributed by atoms with E-state index in [-0.39, 0.29) is 18.0 Å². The summed E-state index contributed by atoms with van der Waals surface area (Å²) in [6.45, 7) is 2.55. The maximum atomic E-state index is 12.4. The number of ether oxygens (including phenoxy) is 1. The number of amides is 1. The van der Waals surface area contributed by atoms with E-state index in [9.17, 15) is 9.59 Å². The number of anilines is 1. The summed E-state index contributed by atoms with van der Waals surface area (Å²) in [5.74, 6) is -0.275. The second-order valence-corrected chi connectivity index (χ2v) is 5.66. The number of hydrogen-bond donors (Lipinski definition) is 0. The lowest BCUT2D eigenvalue weighted by atomic mass is 10.1. The maximum Gasteiger partial charge on any atom is 0.338 e. The van der Waals surface area contributed by atoms with E-state index in [2.05, 4.69) is 0 Å². The van der Waals surface area contributed by atoms with Crippen LogP contribution >= 0.6 is 0 Å². The van der Waals surface area contributed by atoms with Gasteiger partial charge in [-0.2, -0.15) is 0 Å². The summed E-state index contributed by atoms with van der Waals surface area (Å²) in [7, 11) is 0. The summed E-state index contributed by atoms with van der Waals surface area (Å²) >= 11 is 0. The van der Waals surface area contributed by atoms with Crippen molar-refractivity contribution < 1.29 is 14.3 Å². The summed E-state index contributed by atoms with van der Waals surface area (Å²) in [5.41, 5.74) is 2.17. The molecule has 2 aromatic carbocycles. The average molecular weight is 309 g/mol. The van der Waals surface area contributed by atoms with Crippen LogP contribution in [0.2, 0.25) is 0 Å². The molecule has 1 aliphatic heterocycles. The minimum absolute atomic E-state index is 0.105. The van der Waals surface area contributed by atoms with Crippen LogP contribution in [0.15, 0.2) is 54.6 Å². The van der Waals surface area contributed by atoms with Crippen LogP contribution in [0.1, 0.15) is 41.8 Å². The summed E-state index contributed by atoms with van der Waals surface area (Å²) in [5, 5.41) is 0. The quantitative estimate of drug-likeness (QED) is 0.808. The molecule has 1 heterocycles. The Morgan fingerprint density at radius 3 is 2.61 bits per heavy atom. The van der Waals surface area contributed by atoms with Gasteiger partial charge in [0.25, 0.3) is 0 Å². The van der Waals surface area contributed by atoms with Gasteiger partial charge in [0, 0.05) is 18.7 Å². The van der Waals surface area contributed by atoms with Crippen molar-refractivity contribution in [3.63, 3.8) is 0 Å². The molecule has 1 saturated heterocycles. The molecule has 4 heteroatoms. The number of carbonyl (C=O) groups is 2. The van der Waals surface area contributed by atoms with Crippen LogP contribution in [-0.4, -0.2) is 18.4 Å². The van der Waals surface area contributed by atoms with Gasteiger partial charge in [0.2, 0.25) is 5.91 Å². The molecule has 4 nitrogen and oxygen atoms in total. The number of nitrogens with zero attached hydrogens (tertiary/aromatic N) is 1. The Kier molecular flexibility index (Phi) is 4.42. The van der Waals surface area contributed by atoms with Gasteiger partial charge in [0.15, 0.2) is 0 Å². The van der Waals surface area contributed by atoms with Crippen molar-refractivity contribution in [1.82, 2.24) is 0 Å². The van der Waals surface area contributed by atoms with Crippen LogP contribution in [0.3, 0.4) is 0 Å². The molecule has 1 fully saturated rings. The average Bonchev–Trinajstić information content (AvgIpc) is 3.02. The molecular weight excluding hydrogens is 290 g/mol. The van der Waals surface area contributed by atoms with Crippen LogP contribution in [0.5, 0.6) is 0 Å². The minimum atomic E-state index is -0.380. The highest BCUT2D eigenvalue weighted by Gasteiger charge is 2.22. The molecule has 0 radical (unpaired) electrons. The van der Waals surface area contributed by atoms with Crippen LogP contribution in [0.4, 0.5) is 5.69 Å². The lowest BCUT2D eigenvalue weighted by molar-refractivity contribution is -0.117. The smallest absolute Gasteiger partial charge is 0.338 e. The molecule has 0 saturated carbocycles. The lowest BCUT2D eigenvalue weighted by Crippen LogP contribution is -2.24. The number of carbonyl (C=O) groups excluding carboxylic acids is 2. The summed E-state index contributed by atoms with van der Waals surface area (Å²) in [6.07, 6.45) is 1.11. The predicted octanol–water partition coefficient (Wildman–Crippen LogP) is 3.73. The Morgan fingerprint density at radius 1 is 1.13 bits per heavy atom. The van der Waals surface area contributed by atoms with E-state index >= 15 is 0 Å². The van der Waals surface area contributed by atoms with Gasteiger partial charge in [-0.05, 0) is 37.1 Å². The lowest BCUT2D eigenvalue weighted by Gasteiger charge is -2.17. The van der Waals surface area contributed by atoms with Gasteiger partial charge < -0.3 is 9.64 Å². The maximum absolute atomic E-state index is 12.4. The van der Waals surface area contributed by atoms with Gasteiger partial charge in [-0.1, -0.05) is 36.4 Å². The number of benzene rings is 2. The van der Waals surface area contributed by atoms with Gasteiger partial charge in [-0.15, -0.1) is 0 Å². The van der Waals surface area contributed by atoms with Crippen molar-refractivity contribution in [3.8, 4) is 0 Å². The largest absolute Gasteiger partial charge is 0.454 e. The third-order valence-corrected chi connectivity index (χ3v) is 4.02. The van der Waals surface area contributed by atoms with Crippen LogP contribution in [-0.2, 0) is 9.53 Å². The highest BCUT2D eigenvalue weighted by atomic mass is 16.5. The first-order valence-electron chi connectivity index (χ1n) is 7.81. The first-order valence-corrected chi connectivity index (χ1v) is 7.81. The number of esters is 1. The number of hydrogen-bond acceptors (Lipinski definition) is 3. The van der Waals surface area contributed by atoms with E-state index in [0.29, 0.717) is 18.5 Å². The van der Waals surface area contributed by atoms with Crippen LogP contribution < -0.4 is 4.90 Å². The van der Waals surface area contributed by atoms with E-state index in [1.165, 1.54) is 0 Å². The van der Waals surface area contributed by atoms with E-state index in [0.717, 1.165) is 17.7 Å². The van der Waals surface area contributed by atoms with Gasteiger partial charge in [-0.25, -0.2) is 4.79 Å². The molecule has 3 rings (SSSR count). The molecule has 0 N–H and O–H groups in total. The summed E-state index contributed by atoms with van der Waals surface area (Å²) in [4.78, 5) is 25.9. The van der Waals surface area contributed by atoms with E-state index in [1.807, 2.05) is 43.3 Å². The second-order valence-electron chi connectivity index (χ2n) is 5.66. The molecule has 1 aliphatic rings. The molecule has 118 valence electrons. The normalized spacial score (nSPS) is 15.5. The Hall–Kier alpha value is -2.62. The van der Waals surface area contributed by atoms with Crippen LogP contribution in [0.25, 0.3) is 0 Å². The van der Waals surface area contributed by atoms with E-state index in [4.69, 9.17) is 4.74 Å². The Bertz CT molecular complexity index is 712. The Balaban J connectivity index is 1.74. The molecule has 0 bridgehead atoms. The third kappa shape index (κ3) is 3.42. The van der Waals surface area contributed by atoms with Gasteiger partial charge in [0.1, 0.15) is 6.10 Å². The zero-order chi connectivity index (χ0) is 16.2. The van der Waals surface area contributed by atoms with Crippen molar-refractivity contribution in [2.75, 3.05) is 11.4 Å². The third-order valence-electron chi connectivity index (χ3n) is 4.02. The molecule has 0 aromatic heterocycles. The fourth-order valence-electron chi connectivity index (χ4n) is 2.74. The predicted molar refractivity (Wildman–Crippen MR) is 88.3 cm³/mol. The molecule has 0 aliphatic carbocycles. The van der Waals surface area contributed by atoms with Crippen molar-refractivity contribution in [3.05, 3.63) is 65.7 Å². The van der Waals surface area contributed by atoms with Gasteiger partial charge in [-0.3, -0.25) is 4.79 Å². The zero-order valence-electron chi connectivity index (χ0n) is 13.1. The monoisotopic (exact) mass is 309 g/mol. The number of rotatable bonds is 4. The minimum Gasteiger partial charge on any atom is -0.454 e. The van der Waals surface area contributed by atoms with E-state index < -0.39 is 0 Å². The van der Waals surface area contributed by atoms with Crippen molar-refractivity contribution in [2.24, 2.45) is 0 Å². The van der Waals surface area contributed by atoms with Crippen molar-refractivity contribution >= 4 is 17.6 Å². The molecule has 1 amide bonds. The van der Waals surface area contributed by atoms with Crippen molar-refractivity contribution in [2.45, 2.75) is 25.9 Å². The summed E-state index contributed by atoms with van der Waals surface area (Å²) in [6, 6.07) is 16.7. The first kappa shape index (κ1) is 15.3. The highest BCUT2D eigenvalue weighted by molar-refractivity contribution is 5.97. The van der Waals surface area contributed by atoms with Crippen LogP contribution in [0, 0.1) is 0 Å². The first-order chi connectivity index (χ1) is 11.1. The molecule has 23 heavy (non-hydrogen) atoms. The zero-order valence-corrected chi connectivity index (χ0v) is 13.1. The molecule has 0 unspecified atom stereocenters. The Labute approximate surface area is 135 Å².